The van der Waals surface area contributed by atoms with Crippen LogP contribution in [0.2, 0.25) is 0 Å². The number of amides is 1. The summed E-state index contributed by atoms with van der Waals surface area (Å²) in [5, 5.41) is 3.20. The van der Waals surface area contributed by atoms with E-state index in [-0.39, 0.29) is 5.91 Å². The van der Waals surface area contributed by atoms with Gasteiger partial charge in [-0.25, -0.2) is 0 Å². The number of pyridine rings is 1. The summed E-state index contributed by atoms with van der Waals surface area (Å²) in [5.74, 6) is 0.617. The molecule has 5 nitrogen and oxygen atoms in total. The number of nitrogens with zero attached hydrogens (tertiary/aromatic N) is 2. The van der Waals surface area contributed by atoms with E-state index in [1.807, 2.05) is 12.3 Å². The fraction of sp³-hybridized carbons (Fsp3) is 0.647. The molecule has 0 aromatic carbocycles. The molecule has 1 amide bonds. The lowest BCUT2D eigenvalue weighted by Crippen LogP contribution is -2.44. The van der Waals surface area contributed by atoms with E-state index in [1.165, 1.54) is 5.56 Å². The Morgan fingerprint density at radius 1 is 1.36 bits per heavy atom. The van der Waals surface area contributed by atoms with Crippen molar-refractivity contribution in [2.75, 3.05) is 26.3 Å². The van der Waals surface area contributed by atoms with Crippen LogP contribution in [0.4, 0.5) is 0 Å². The third-order valence-corrected chi connectivity index (χ3v) is 4.58. The molecule has 1 N–H and O–H groups in total. The van der Waals surface area contributed by atoms with Crippen LogP contribution in [0, 0.1) is 5.92 Å². The predicted molar refractivity (Wildman–Crippen MR) is 84.2 cm³/mol. The van der Waals surface area contributed by atoms with Crippen molar-refractivity contribution in [1.82, 2.24) is 15.2 Å². The van der Waals surface area contributed by atoms with Crippen molar-refractivity contribution >= 4 is 5.91 Å². The zero-order valence-corrected chi connectivity index (χ0v) is 13.0. The Hall–Kier alpha value is -1.46. The Balaban J connectivity index is 1.37. The van der Waals surface area contributed by atoms with Crippen molar-refractivity contribution in [3.8, 4) is 0 Å². The summed E-state index contributed by atoms with van der Waals surface area (Å²) in [6, 6.07) is 4.43. The predicted octanol–water partition coefficient (Wildman–Crippen LogP) is 1.59. The summed E-state index contributed by atoms with van der Waals surface area (Å²) in [5.41, 5.74) is 1.26. The van der Waals surface area contributed by atoms with Crippen LogP contribution in [0.5, 0.6) is 0 Å². The van der Waals surface area contributed by atoms with Gasteiger partial charge < -0.3 is 10.1 Å². The molecule has 1 unspecified atom stereocenters. The van der Waals surface area contributed by atoms with Crippen LogP contribution in [-0.4, -0.2) is 48.1 Å². The van der Waals surface area contributed by atoms with Crippen molar-refractivity contribution in [2.24, 2.45) is 5.92 Å². The Bertz CT molecular complexity index is 466. The van der Waals surface area contributed by atoms with Gasteiger partial charge in [0.05, 0.1) is 0 Å². The van der Waals surface area contributed by atoms with Crippen LogP contribution in [-0.2, 0) is 16.1 Å². The second-order valence-electron chi connectivity index (χ2n) is 6.41. The summed E-state index contributed by atoms with van der Waals surface area (Å²) >= 11 is 0. The quantitative estimate of drug-likeness (QED) is 0.897. The summed E-state index contributed by atoms with van der Waals surface area (Å²) in [4.78, 5) is 18.6. The molecule has 2 aliphatic rings. The molecule has 1 aromatic heterocycles. The van der Waals surface area contributed by atoms with Gasteiger partial charge in [-0.05, 0) is 36.8 Å². The van der Waals surface area contributed by atoms with E-state index in [0.29, 0.717) is 18.4 Å². The number of nitrogens with one attached hydrogen (secondary N) is 1. The largest absolute Gasteiger partial charge is 0.381 e. The van der Waals surface area contributed by atoms with E-state index < -0.39 is 0 Å². The van der Waals surface area contributed by atoms with Gasteiger partial charge in [0.15, 0.2) is 0 Å². The standard InChI is InChI=1S/C17H25N3O2/c21-17(10-14-5-9-22-13-14)19-16-3-7-20(8-4-16)12-15-2-1-6-18-11-15/h1-2,6,11,14,16H,3-5,7-10,12-13H2,(H,19,21). The van der Waals surface area contributed by atoms with Crippen LogP contribution >= 0.6 is 0 Å². The molecule has 22 heavy (non-hydrogen) atoms. The minimum absolute atomic E-state index is 0.196. The Kier molecular flexibility index (Phi) is 5.40. The Morgan fingerprint density at radius 3 is 2.91 bits per heavy atom. The maximum Gasteiger partial charge on any atom is 0.220 e. The molecule has 0 bridgehead atoms. The van der Waals surface area contributed by atoms with Crippen molar-refractivity contribution in [3.05, 3.63) is 30.1 Å². The number of carbonyl (C=O) groups is 1. The minimum Gasteiger partial charge on any atom is -0.381 e. The van der Waals surface area contributed by atoms with Gasteiger partial charge in [0.2, 0.25) is 5.91 Å². The van der Waals surface area contributed by atoms with Crippen LogP contribution < -0.4 is 5.32 Å². The molecule has 5 heteroatoms. The van der Waals surface area contributed by atoms with Crippen molar-refractivity contribution in [3.63, 3.8) is 0 Å². The first kappa shape index (κ1) is 15.4. The number of hydrogen-bond acceptors (Lipinski definition) is 4. The number of likely N-dealkylation sites (tertiary alicyclic amines) is 1. The average molecular weight is 303 g/mol. The Labute approximate surface area is 132 Å². The van der Waals surface area contributed by atoms with Gasteiger partial charge in [0.25, 0.3) is 0 Å². The van der Waals surface area contributed by atoms with E-state index in [9.17, 15) is 4.79 Å². The molecule has 0 radical (unpaired) electrons. The maximum atomic E-state index is 12.1. The minimum atomic E-state index is 0.196. The van der Waals surface area contributed by atoms with E-state index in [2.05, 4.69) is 21.3 Å². The lowest BCUT2D eigenvalue weighted by molar-refractivity contribution is -0.123. The first-order chi connectivity index (χ1) is 10.8. The third kappa shape index (κ3) is 4.52. The Morgan fingerprint density at radius 2 is 2.23 bits per heavy atom. The summed E-state index contributed by atoms with van der Waals surface area (Å²) < 4.78 is 5.33. The van der Waals surface area contributed by atoms with Gasteiger partial charge in [-0.3, -0.25) is 14.7 Å². The van der Waals surface area contributed by atoms with Crippen LogP contribution in [0.1, 0.15) is 31.2 Å². The van der Waals surface area contributed by atoms with Gasteiger partial charge in [-0.2, -0.15) is 0 Å². The highest BCUT2D eigenvalue weighted by atomic mass is 16.5. The monoisotopic (exact) mass is 303 g/mol. The number of rotatable bonds is 5. The first-order valence-electron chi connectivity index (χ1n) is 8.28. The van der Waals surface area contributed by atoms with Gasteiger partial charge in [0, 0.05) is 57.7 Å². The molecule has 1 atom stereocenters. The summed E-state index contributed by atoms with van der Waals surface area (Å²) in [6.45, 7) is 4.58. The SMILES string of the molecule is O=C(CC1CCOC1)NC1CCN(Cc2cccnc2)CC1. The van der Waals surface area contributed by atoms with Gasteiger partial charge in [-0.1, -0.05) is 6.07 Å². The second kappa shape index (κ2) is 7.70. The molecule has 3 rings (SSSR count). The molecule has 0 spiro atoms. The average Bonchev–Trinajstić information content (AvgIpc) is 3.03. The summed E-state index contributed by atoms with van der Waals surface area (Å²) in [6.07, 6.45) is 7.45. The molecule has 0 aliphatic carbocycles. The van der Waals surface area contributed by atoms with Crippen LogP contribution in [0.3, 0.4) is 0 Å². The van der Waals surface area contributed by atoms with Crippen LogP contribution in [0.15, 0.2) is 24.5 Å². The lowest BCUT2D eigenvalue weighted by Gasteiger charge is -2.32. The fourth-order valence-electron chi connectivity index (χ4n) is 3.28. The summed E-state index contributed by atoms with van der Waals surface area (Å²) in [7, 11) is 0. The van der Waals surface area contributed by atoms with Crippen LogP contribution in [0.25, 0.3) is 0 Å². The molecule has 2 fully saturated rings. The smallest absolute Gasteiger partial charge is 0.220 e. The zero-order valence-electron chi connectivity index (χ0n) is 13.0. The maximum absolute atomic E-state index is 12.1. The van der Waals surface area contributed by atoms with E-state index in [4.69, 9.17) is 4.74 Å². The number of aromatic nitrogens is 1. The molecule has 3 heterocycles. The van der Waals surface area contributed by atoms with Gasteiger partial charge in [0.1, 0.15) is 0 Å². The molecule has 2 saturated heterocycles. The van der Waals surface area contributed by atoms with E-state index in [1.54, 1.807) is 6.20 Å². The third-order valence-electron chi connectivity index (χ3n) is 4.58. The van der Waals surface area contributed by atoms with Gasteiger partial charge in [-0.15, -0.1) is 0 Å². The lowest BCUT2D eigenvalue weighted by atomic mass is 10.0. The number of hydrogen-bond donors (Lipinski definition) is 1. The molecule has 0 saturated carbocycles. The molecule has 120 valence electrons. The molecule has 2 aliphatic heterocycles. The van der Waals surface area contributed by atoms with Crippen molar-refractivity contribution in [2.45, 2.75) is 38.3 Å². The molecular formula is C17H25N3O2. The van der Waals surface area contributed by atoms with Crippen molar-refractivity contribution in [1.29, 1.82) is 0 Å². The van der Waals surface area contributed by atoms with Crippen molar-refractivity contribution < 1.29 is 9.53 Å². The normalized spacial score (nSPS) is 23.5. The highest BCUT2D eigenvalue weighted by Crippen LogP contribution is 2.17. The zero-order chi connectivity index (χ0) is 15.2. The van der Waals surface area contributed by atoms with Gasteiger partial charge >= 0.3 is 0 Å². The molecular weight excluding hydrogens is 278 g/mol. The topological polar surface area (TPSA) is 54.5 Å². The second-order valence-corrected chi connectivity index (χ2v) is 6.41. The number of carbonyl (C=O) groups excluding carboxylic acids is 1. The van der Waals surface area contributed by atoms with E-state index in [0.717, 1.165) is 52.1 Å². The first-order valence-corrected chi connectivity index (χ1v) is 8.28. The fourth-order valence-corrected chi connectivity index (χ4v) is 3.28. The van der Waals surface area contributed by atoms with E-state index >= 15 is 0 Å². The number of piperidine rings is 1. The number of ether oxygens (including phenoxy) is 1. The highest BCUT2D eigenvalue weighted by molar-refractivity contribution is 5.76. The highest BCUT2D eigenvalue weighted by Gasteiger charge is 2.23. The molecule has 1 aromatic rings.